The number of anilines is 1. The highest BCUT2D eigenvalue weighted by molar-refractivity contribution is 5.51. The summed E-state index contributed by atoms with van der Waals surface area (Å²) in [6, 6.07) is 6.82. The molecule has 0 aromatic heterocycles. The molecule has 21 heavy (non-hydrogen) atoms. The third-order valence-electron chi connectivity index (χ3n) is 4.43. The van der Waals surface area contributed by atoms with E-state index in [0.717, 1.165) is 39.0 Å². The summed E-state index contributed by atoms with van der Waals surface area (Å²) in [5.41, 5.74) is 4.09. The van der Waals surface area contributed by atoms with Gasteiger partial charge < -0.3 is 15.3 Å². The maximum atomic E-state index is 9.22. The Morgan fingerprint density at radius 1 is 1.29 bits per heavy atom. The molecule has 0 unspecified atom stereocenters. The minimum Gasteiger partial charge on any atom is -0.396 e. The van der Waals surface area contributed by atoms with Gasteiger partial charge in [0.05, 0.1) is 0 Å². The molecule has 0 spiro atoms. The Balaban J connectivity index is 1.92. The van der Waals surface area contributed by atoms with Crippen LogP contribution in [-0.4, -0.2) is 31.3 Å². The fraction of sp³-hybridized carbons (Fsp3) is 0.667. The van der Waals surface area contributed by atoms with E-state index in [1.54, 1.807) is 0 Å². The Morgan fingerprint density at radius 2 is 2.00 bits per heavy atom. The van der Waals surface area contributed by atoms with Crippen LogP contribution in [0.15, 0.2) is 18.2 Å². The first-order chi connectivity index (χ1) is 10.1. The maximum absolute atomic E-state index is 9.22. The molecule has 0 aliphatic carbocycles. The fourth-order valence-electron chi connectivity index (χ4n) is 2.94. The van der Waals surface area contributed by atoms with Gasteiger partial charge in [0.1, 0.15) is 0 Å². The van der Waals surface area contributed by atoms with E-state index in [2.05, 4.69) is 49.2 Å². The van der Waals surface area contributed by atoms with Gasteiger partial charge in [-0.25, -0.2) is 0 Å². The molecule has 3 nitrogen and oxygen atoms in total. The molecular formula is C18H30N2O. The van der Waals surface area contributed by atoms with E-state index in [-0.39, 0.29) is 0 Å². The van der Waals surface area contributed by atoms with Crippen LogP contribution in [0, 0.1) is 18.8 Å². The molecule has 1 heterocycles. The molecule has 2 N–H and O–H groups in total. The first kappa shape index (κ1) is 16.3. The summed E-state index contributed by atoms with van der Waals surface area (Å²) in [7, 11) is 0. The maximum Gasteiger partial charge on any atom is 0.0460 e. The molecule has 0 saturated carbocycles. The summed E-state index contributed by atoms with van der Waals surface area (Å²) in [6.07, 6.45) is 2.21. The van der Waals surface area contributed by atoms with Crippen molar-refractivity contribution in [1.29, 1.82) is 0 Å². The van der Waals surface area contributed by atoms with Gasteiger partial charge in [0.25, 0.3) is 0 Å². The van der Waals surface area contributed by atoms with Crippen LogP contribution >= 0.6 is 0 Å². The second-order valence-corrected chi connectivity index (χ2v) is 6.75. The quantitative estimate of drug-likeness (QED) is 0.845. The molecular weight excluding hydrogens is 260 g/mol. The van der Waals surface area contributed by atoms with Crippen LogP contribution in [0.2, 0.25) is 0 Å². The van der Waals surface area contributed by atoms with Crippen LogP contribution in [0.4, 0.5) is 5.69 Å². The molecule has 1 aromatic carbocycles. The summed E-state index contributed by atoms with van der Waals surface area (Å²) >= 11 is 0. The standard InChI is InChI=1S/C18H30N2O/c1-14(2)11-19-12-17-4-5-18(10-15(17)3)20-8-6-16(13-21)7-9-20/h4-5,10,14,16,19,21H,6-9,11-13H2,1-3H3. The van der Waals surface area contributed by atoms with E-state index in [1.165, 1.54) is 16.8 Å². The number of hydrogen-bond acceptors (Lipinski definition) is 3. The predicted molar refractivity (Wildman–Crippen MR) is 89.7 cm³/mol. The number of aliphatic hydroxyl groups excluding tert-OH is 1. The Kier molecular flexibility index (Phi) is 6.07. The highest BCUT2D eigenvalue weighted by atomic mass is 16.3. The molecule has 1 fully saturated rings. The zero-order valence-corrected chi connectivity index (χ0v) is 13.7. The van der Waals surface area contributed by atoms with Crippen LogP contribution in [0.25, 0.3) is 0 Å². The second-order valence-electron chi connectivity index (χ2n) is 6.75. The molecule has 118 valence electrons. The van der Waals surface area contributed by atoms with E-state index in [0.29, 0.717) is 18.4 Å². The van der Waals surface area contributed by atoms with Gasteiger partial charge in [0.15, 0.2) is 0 Å². The second kappa shape index (κ2) is 7.81. The number of aryl methyl sites for hydroxylation is 1. The van der Waals surface area contributed by atoms with E-state index < -0.39 is 0 Å². The number of aliphatic hydroxyl groups is 1. The van der Waals surface area contributed by atoms with Gasteiger partial charge in [0, 0.05) is 31.9 Å². The lowest BCUT2D eigenvalue weighted by molar-refractivity contribution is 0.203. The highest BCUT2D eigenvalue weighted by Gasteiger charge is 2.18. The lowest BCUT2D eigenvalue weighted by atomic mass is 9.97. The van der Waals surface area contributed by atoms with Gasteiger partial charge >= 0.3 is 0 Å². The molecule has 3 heteroatoms. The van der Waals surface area contributed by atoms with Crippen LogP contribution in [0.1, 0.15) is 37.8 Å². The molecule has 1 aliphatic rings. The van der Waals surface area contributed by atoms with Gasteiger partial charge in [-0.2, -0.15) is 0 Å². The number of hydrogen-bond donors (Lipinski definition) is 2. The summed E-state index contributed by atoms with van der Waals surface area (Å²) in [6.45, 7) is 11.2. The third-order valence-corrected chi connectivity index (χ3v) is 4.43. The van der Waals surface area contributed by atoms with E-state index in [9.17, 15) is 5.11 Å². The number of piperidine rings is 1. The van der Waals surface area contributed by atoms with Crippen LogP contribution in [0.3, 0.4) is 0 Å². The van der Waals surface area contributed by atoms with Crippen LogP contribution in [0.5, 0.6) is 0 Å². The monoisotopic (exact) mass is 290 g/mol. The molecule has 0 atom stereocenters. The minimum absolute atomic E-state index is 0.341. The number of nitrogens with zero attached hydrogens (tertiary/aromatic N) is 1. The summed E-state index contributed by atoms with van der Waals surface area (Å²) in [4.78, 5) is 2.45. The molecule has 1 saturated heterocycles. The molecule has 0 radical (unpaired) electrons. The Hall–Kier alpha value is -1.06. The normalized spacial score (nSPS) is 16.7. The molecule has 1 aromatic rings. The van der Waals surface area contributed by atoms with Gasteiger partial charge in [-0.05, 0) is 61.4 Å². The van der Waals surface area contributed by atoms with Crippen molar-refractivity contribution in [2.24, 2.45) is 11.8 Å². The molecule has 2 rings (SSSR count). The van der Waals surface area contributed by atoms with E-state index in [4.69, 9.17) is 0 Å². The van der Waals surface area contributed by atoms with Crippen LogP contribution in [-0.2, 0) is 6.54 Å². The zero-order valence-electron chi connectivity index (χ0n) is 13.7. The van der Waals surface area contributed by atoms with Crippen molar-refractivity contribution in [3.63, 3.8) is 0 Å². The first-order valence-electron chi connectivity index (χ1n) is 8.26. The van der Waals surface area contributed by atoms with E-state index in [1.807, 2.05) is 0 Å². The average Bonchev–Trinajstić information content (AvgIpc) is 2.48. The smallest absolute Gasteiger partial charge is 0.0460 e. The molecule has 1 aliphatic heterocycles. The zero-order chi connectivity index (χ0) is 15.2. The summed E-state index contributed by atoms with van der Waals surface area (Å²) in [5.74, 6) is 1.19. The molecule has 0 bridgehead atoms. The van der Waals surface area contributed by atoms with Gasteiger partial charge in [-0.3, -0.25) is 0 Å². The lowest BCUT2D eigenvalue weighted by Gasteiger charge is -2.33. The van der Waals surface area contributed by atoms with Crippen molar-refractivity contribution in [3.05, 3.63) is 29.3 Å². The largest absolute Gasteiger partial charge is 0.396 e. The lowest BCUT2D eigenvalue weighted by Crippen LogP contribution is -2.34. The Morgan fingerprint density at radius 3 is 2.57 bits per heavy atom. The number of benzene rings is 1. The van der Waals surface area contributed by atoms with Crippen molar-refractivity contribution in [3.8, 4) is 0 Å². The fourth-order valence-corrected chi connectivity index (χ4v) is 2.94. The van der Waals surface area contributed by atoms with Crippen molar-refractivity contribution >= 4 is 5.69 Å². The third kappa shape index (κ3) is 4.72. The molecule has 0 amide bonds. The van der Waals surface area contributed by atoms with Crippen molar-refractivity contribution in [2.45, 2.75) is 40.2 Å². The topological polar surface area (TPSA) is 35.5 Å². The van der Waals surface area contributed by atoms with Gasteiger partial charge in [0.2, 0.25) is 0 Å². The van der Waals surface area contributed by atoms with Crippen molar-refractivity contribution < 1.29 is 5.11 Å². The number of nitrogens with one attached hydrogen (secondary N) is 1. The SMILES string of the molecule is Cc1cc(N2CCC(CO)CC2)ccc1CNCC(C)C. The van der Waals surface area contributed by atoms with Gasteiger partial charge in [-0.1, -0.05) is 19.9 Å². The number of rotatable bonds is 6. The Bertz CT molecular complexity index is 437. The first-order valence-corrected chi connectivity index (χ1v) is 8.26. The summed E-state index contributed by atoms with van der Waals surface area (Å²) in [5, 5.41) is 12.7. The average molecular weight is 290 g/mol. The predicted octanol–water partition coefficient (Wildman–Crippen LogP) is 2.95. The van der Waals surface area contributed by atoms with Crippen molar-refractivity contribution in [1.82, 2.24) is 5.32 Å². The minimum atomic E-state index is 0.341. The van der Waals surface area contributed by atoms with Crippen molar-refractivity contribution in [2.75, 3.05) is 31.1 Å². The highest BCUT2D eigenvalue weighted by Crippen LogP contribution is 2.25. The van der Waals surface area contributed by atoms with Crippen LogP contribution < -0.4 is 10.2 Å². The Labute approximate surface area is 129 Å². The van der Waals surface area contributed by atoms with Gasteiger partial charge in [-0.15, -0.1) is 0 Å². The summed E-state index contributed by atoms with van der Waals surface area (Å²) < 4.78 is 0. The van der Waals surface area contributed by atoms with E-state index >= 15 is 0 Å².